The van der Waals surface area contributed by atoms with Gasteiger partial charge < -0.3 is 10.1 Å². The monoisotopic (exact) mass is 416 g/mol. The van der Waals surface area contributed by atoms with E-state index in [9.17, 15) is 26.4 Å². The van der Waals surface area contributed by atoms with Gasteiger partial charge in [-0.3, -0.25) is 4.79 Å². The summed E-state index contributed by atoms with van der Waals surface area (Å²) in [5.74, 6) is -0.403. The Hall–Kier alpha value is -2.59. The van der Waals surface area contributed by atoms with E-state index in [1.165, 1.54) is 43.4 Å². The van der Waals surface area contributed by atoms with Crippen molar-refractivity contribution < 1.29 is 31.1 Å². The molecule has 2 aromatic carbocycles. The third-order valence-electron chi connectivity index (χ3n) is 3.72. The highest BCUT2D eigenvalue weighted by atomic mass is 32.2. The molecule has 0 saturated heterocycles. The van der Waals surface area contributed by atoms with Gasteiger partial charge in [-0.05, 0) is 43.3 Å². The number of rotatable bonds is 7. The SMILES string of the molecule is CCOc1ccc(S(=O)(=O)N(C)CC(=O)Nc2ccccc2C(F)(F)F)cc1. The number of halogens is 3. The highest BCUT2D eigenvalue weighted by Crippen LogP contribution is 2.34. The number of sulfonamides is 1. The summed E-state index contributed by atoms with van der Waals surface area (Å²) in [6.45, 7) is 1.56. The van der Waals surface area contributed by atoms with Crippen LogP contribution in [0.1, 0.15) is 12.5 Å². The standard InChI is InChI=1S/C18H19F3N2O4S/c1-3-27-13-8-10-14(11-9-13)28(25,26)23(2)12-17(24)22-16-7-5-4-6-15(16)18(19,20)21/h4-11H,3,12H2,1-2H3,(H,22,24). The number of hydrogen-bond donors (Lipinski definition) is 1. The van der Waals surface area contributed by atoms with Crippen LogP contribution in [0, 0.1) is 0 Å². The van der Waals surface area contributed by atoms with Gasteiger partial charge in [-0.2, -0.15) is 17.5 Å². The molecule has 0 saturated carbocycles. The molecule has 152 valence electrons. The second-order valence-electron chi connectivity index (χ2n) is 5.76. The second-order valence-corrected chi connectivity index (χ2v) is 7.80. The van der Waals surface area contributed by atoms with Crippen LogP contribution in [0.2, 0.25) is 0 Å². The van der Waals surface area contributed by atoms with Crippen LogP contribution in [0.25, 0.3) is 0 Å². The lowest BCUT2D eigenvalue weighted by Crippen LogP contribution is -2.35. The summed E-state index contributed by atoms with van der Waals surface area (Å²) < 4.78 is 70.1. The maximum atomic E-state index is 13.0. The largest absolute Gasteiger partial charge is 0.494 e. The van der Waals surface area contributed by atoms with Crippen molar-refractivity contribution in [3.05, 3.63) is 54.1 Å². The Morgan fingerprint density at radius 3 is 2.29 bits per heavy atom. The lowest BCUT2D eigenvalue weighted by Gasteiger charge is -2.18. The molecule has 0 radical (unpaired) electrons. The van der Waals surface area contributed by atoms with Gasteiger partial charge in [0.1, 0.15) is 5.75 Å². The number of para-hydroxylation sites is 1. The smallest absolute Gasteiger partial charge is 0.418 e. The van der Waals surface area contributed by atoms with Crippen LogP contribution in [0.5, 0.6) is 5.75 Å². The van der Waals surface area contributed by atoms with E-state index in [4.69, 9.17) is 4.74 Å². The average molecular weight is 416 g/mol. The number of nitrogens with one attached hydrogen (secondary N) is 1. The molecule has 10 heteroatoms. The molecular weight excluding hydrogens is 397 g/mol. The number of nitrogens with zero attached hydrogens (tertiary/aromatic N) is 1. The summed E-state index contributed by atoms with van der Waals surface area (Å²) in [7, 11) is -2.83. The fourth-order valence-corrected chi connectivity index (χ4v) is 3.50. The molecule has 28 heavy (non-hydrogen) atoms. The van der Waals surface area contributed by atoms with Gasteiger partial charge >= 0.3 is 6.18 Å². The molecule has 0 atom stereocenters. The minimum atomic E-state index is -4.65. The number of alkyl halides is 3. The molecule has 2 rings (SSSR count). The number of ether oxygens (including phenoxy) is 1. The first kappa shape index (κ1) is 21.7. The highest BCUT2D eigenvalue weighted by molar-refractivity contribution is 7.89. The first-order chi connectivity index (χ1) is 13.1. The molecule has 1 amide bonds. The van der Waals surface area contributed by atoms with Gasteiger partial charge in [-0.1, -0.05) is 12.1 Å². The Bertz CT molecular complexity index is 929. The number of likely N-dealkylation sites (N-methyl/N-ethyl adjacent to an activating group) is 1. The molecule has 0 fully saturated rings. The van der Waals surface area contributed by atoms with E-state index < -0.39 is 39.9 Å². The van der Waals surface area contributed by atoms with Gasteiger partial charge in [0, 0.05) is 7.05 Å². The minimum absolute atomic E-state index is 0.0676. The van der Waals surface area contributed by atoms with Gasteiger partial charge in [0.15, 0.2) is 0 Å². The van der Waals surface area contributed by atoms with Gasteiger partial charge in [-0.15, -0.1) is 0 Å². The van der Waals surface area contributed by atoms with E-state index in [1.54, 1.807) is 6.92 Å². The molecule has 0 aliphatic heterocycles. The first-order valence-corrected chi connectivity index (χ1v) is 9.65. The average Bonchev–Trinajstić information content (AvgIpc) is 2.62. The number of amides is 1. The van der Waals surface area contributed by atoms with E-state index in [2.05, 4.69) is 5.32 Å². The number of benzene rings is 2. The Morgan fingerprint density at radius 2 is 1.71 bits per heavy atom. The fraction of sp³-hybridized carbons (Fsp3) is 0.278. The fourth-order valence-electron chi connectivity index (χ4n) is 2.37. The summed E-state index contributed by atoms with van der Waals surface area (Å²) in [6, 6.07) is 10.1. The zero-order valence-electron chi connectivity index (χ0n) is 15.2. The third-order valence-corrected chi connectivity index (χ3v) is 5.53. The zero-order valence-corrected chi connectivity index (χ0v) is 16.0. The summed E-state index contributed by atoms with van der Waals surface area (Å²) >= 11 is 0. The molecule has 0 unspecified atom stereocenters. The van der Waals surface area contributed by atoms with E-state index in [-0.39, 0.29) is 4.90 Å². The number of carbonyl (C=O) groups excluding carboxylic acids is 1. The van der Waals surface area contributed by atoms with E-state index in [0.29, 0.717) is 12.4 Å². The van der Waals surface area contributed by atoms with E-state index >= 15 is 0 Å². The van der Waals surface area contributed by atoms with Crippen molar-refractivity contribution in [2.24, 2.45) is 0 Å². The van der Waals surface area contributed by atoms with Crippen LogP contribution in [0.3, 0.4) is 0 Å². The molecule has 1 N–H and O–H groups in total. The first-order valence-electron chi connectivity index (χ1n) is 8.21. The quantitative estimate of drug-likeness (QED) is 0.751. The molecule has 0 aliphatic carbocycles. The van der Waals surface area contributed by atoms with Crippen LogP contribution in [0.4, 0.5) is 18.9 Å². The molecule has 0 bridgehead atoms. The predicted molar refractivity (Wildman–Crippen MR) is 97.5 cm³/mol. The third kappa shape index (κ3) is 5.23. The lowest BCUT2D eigenvalue weighted by molar-refractivity contribution is -0.137. The summed E-state index contributed by atoms with van der Waals surface area (Å²) in [5, 5.41) is 2.11. The number of anilines is 1. The molecule has 0 aliphatic rings. The van der Waals surface area contributed by atoms with Crippen molar-refractivity contribution in [2.75, 3.05) is 25.5 Å². The molecular formula is C18H19F3N2O4S. The maximum absolute atomic E-state index is 13.0. The van der Waals surface area contributed by atoms with Crippen LogP contribution in [-0.4, -0.2) is 38.8 Å². The topological polar surface area (TPSA) is 75.7 Å². The van der Waals surface area contributed by atoms with Gasteiger partial charge in [0.25, 0.3) is 0 Å². The highest BCUT2D eigenvalue weighted by Gasteiger charge is 2.33. The van der Waals surface area contributed by atoms with Crippen molar-refractivity contribution in [1.29, 1.82) is 0 Å². The van der Waals surface area contributed by atoms with Crippen molar-refractivity contribution in [1.82, 2.24) is 4.31 Å². The van der Waals surface area contributed by atoms with Gasteiger partial charge in [0.2, 0.25) is 15.9 Å². The van der Waals surface area contributed by atoms with E-state index in [1.807, 2.05) is 0 Å². The van der Waals surface area contributed by atoms with Crippen LogP contribution in [0.15, 0.2) is 53.4 Å². The maximum Gasteiger partial charge on any atom is 0.418 e. The van der Waals surface area contributed by atoms with Crippen molar-refractivity contribution >= 4 is 21.6 Å². The zero-order chi connectivity index (χ0) is 20.9. The second kappa shape index (κ2) is 8.61. The van der Waals surface area contributed by atoms with Crippen molar-refractivity contribution in [3.8, 4) is 5.75 Å². The predicted octanol–water partition coefficient (Wildman–Crippen LogP) is 3.36. The molecule has 6 nitrogen and oxygen atoms in total. The van der Waals surface area contributed by atoms with E-state index in [0.717, 1.165) is 16.4 Å². The summed E-state index contributed by atoms with van der Waals surface area (Å²) in [6.07, 6.45) is -4.65. The van der Waals surface area contributed by atoms with Gasteiger partial charge in [0.05, 0.1) is 29.3 Å². The van der Waals surface area contributed by atoms with Crippen molar-refractivity contribution in [3.63, 3.8) is 0 Å². The van der Waals surface area contributed by atoms with Crippen LogP contribution in [-0.2, 0) is 21.0 Å². The molecule has 2 aromatic rings. The Kier molecular flexibility index (Phi) is 6.68. The Morgan fingerprint density at radius 1 is 1.11 bits per heavy atom. The summed E-state index contributed by atoms with van der Waals surface area (Å²) in [4.78, 5) is 12.0. The molecule has 0 aromatic heterocycles. The molecule has 0 heterocycles. The van der Waals surface area contributed by atoms with Gasteiger partial charge in [-0.25, -0.2) is 8.42 Å². The summed E-state index contributed by atoms with van der Waals surface area (Å²) in [5.41, 5.74) is -1.45. The number of hydrogen-bond acceptors (Lipinski definition) is 4. The Balaban J connectivity index is 2.12. The van der Waals surface area contributed by atoms with Crippen molar-refractivity contribution in [2.45, 2.75) is 18.0 Å². The normalized spacial score (nSPS) is 12.1. The van der Waals surface area contributed by atoms with Crippen LogP contribution >= 0.6 is 0 Å². The number of carbonyl (C=O) groups is 1. The van der Waals surface area contributed by atoms with Crippen LogP contribution < -0.4 is 10.1 Å². The Labute approximate surface area is 161 Å². The lowest BCUT2D eigenvalue weighted by atomic mass is 10.1. The minimum Gasteiger partial charge on any atom is -0.494 e. The molecule has 0 spiro atoms.